The van der Waals surface area contributed by atoms with Crippen molar-refractivity contribution < 1.29 is 29.3 Å². The van der Waals surface area contributed by atoms with E-state index in [4.69, 9.17) is 4.74 Å². The van der Waals surface area contributed by atoms with E-state index in [1.165, 1.54) is 5.57 Å². The Bertz CT molecular complexity index is 1600. The number of carboxylic acid groups (broad SMARTS) is 1. The summed E-state index contributed by atoms with van der Waals surface area (Å²) >= 11 is 0. The zero-order valence-corrected chi connectivity index (χ0v) is 33.6. The first-order valence-electron chi connectivity index (χ1n) is 20.2. The van der Waals surface area contributed by atoms with E-state index < -0.39 is 28.9 Å². The molecule has 1 heterocycles. The fraction of sp³-hybridized carbons (Fsp3) is 0.773. The van der Waals surface area contributed by atoms with Crippen LogP contribution in [0.25, 0.3) is 0 Å². The Morgan fingerprint density at radius 3 is 2.31 bits per heavy atom. The van der Waals surface area contributed by atoms with E-state index in [-0.39, 0.29) is 57.8 Å². The predicted molar refractivity (Wildman–Crippen MR) is 202 cm³/mol. The van der Waals surface area contributed by atoms with Crippen LogP contribution in [-0.4, -0.2) is 51.7 Å². The number of carbonyl (C=O) groups excluding carboxylic acids is 2. The molecule has 10 atom stereocenters. The third-order valence-corrected chi connectivity index (χ3v) is 16.2. The molecular weight excluding hydrogens is 652 g/mol. The van der Waals surface area contributed by atoms with Gasteiger partial charge in [0.05, 0.1) is 23.6 Å². The molecule has 6 rings (SSSR count). The SMILES string of the molecule is CC(C)C1=C2C3CC[C@@H]4[C@@]5(C)CC[C@H](OC(=O)CC(C)(C)C(=O)O)C(C)(C)[C@@H]5CC[C@@]4(C)[C@]3(C)CC[C@@]2([C@@H](O)CN[C@@H](C)c2ccccn2)CC1=O. The minimum absolute atomic E-state index is 0.0139. The number of nitrogens with one attached hydrogen (secondary N) is 1. The molecule has 1 aromatic rings. The molecule has 0 amide bonds. The molecule has 5 aliphatic rings. The number of aliphatic hydroxyl groups is 1. The van der Waals surface area contributed by atoms with Crippen molar-refractivity contribution in [3.63, 3.8) is 0 Å². The van der Waals surface area contributed by atoms with Gasteiger partial charge < -0.3 is 20.3 Å². The van der Waals surface area contributed by atoms with Crippen LogP contribution in [0.2, 0.25) is 0 Å². The molecule has 0 radical (unpaired) electrons. The van der Waals surface area contributed by atoms with E-state index in [0.717, 1.165) is 62.6 Å². The summed E-state index contributed by atoms with van der Waals surface area (Å²) in [6.45, 7) is 22.1. The summed E-state index contributed by atoms with van der Waals surface area (Å²) in [5.74, 6) is 0.0333. The number of carbonyl (C=O) groups is 3. The molecule has 0 aromatic carbocycles. The van der Waals surface area contributed by atoms with Crippen LogP contribution in [0.5, 0.6) is 0 Å². The minimum Gasteiger partial charge on any atom is -0.481 e. The highest BCUT2D eigenvalue weighted by molar-refractivity contribution is 6.00. The number of rotatable bonds is 10. The van der Waals surface area contributed by atoms with Crippen molar-refractivity contribution in [2.24, 2.45) is 56.2 Å². The van der Waals surface area contributed by atoms with Gasteiger partial charge in [-0.15, -0.1) is 0 Å². The van der Waals surface area contributed by atoms with Crippen LogP contribution in [0.1, 0.15) is 145 Å². The first kappa shape index (κ1) is 39.1. The number of hydrogen-bond acceptors (Lipinski definition) is 7. The average molecular weight is 719 g/mol. The van der Waals surface area contributed by atoms with Gasteiger partial charge in [0.15, 0.2) is 5.78 Å². The van der Waals surface area contributed by atoms with Crippen LogP contribution in [0.4, 0.5) is 0 Å². The summed E-state index contributed by atoms with van der Waals surface area (Å²) < 4.78 is 6.17. The smallest absolute Gasteiger partial charge is 0.309 e. The summed E-state index contributed by atoms with van der Waals surface area (Å²) in [6.07, 6.45) is 8.95. The molecule has 288 valence electrons. The fourth-order valence-corrected chi connectivity index (χ4v) is 13.1. The van der Waals surface area contributed by atoms with Gasteiger partial charge in [0, 0.05) is 36.0 Å². The maximum absolute atomic E-state index is 14.1. The maximum Gasteiger partial charge on any atom is 0.309 e. The van der Waals surface area contributed by atoms with Gasteiger partial charge in [-0.3, -0.25) is 19.4 Å². The largest absolute Gasteiger partial charge is 0.481 e. The van der Waals surface area contributed by atoms with E-state index in [2.05, 4.69) is 65.7 Å². The molecule has 1 unspecified atom stereocenters. The van der Waals surface area contributed by atoms with Crippen molar-refractivity contribution in [3.8, 4) is 0 Å². The Morgan fingerprint density at radius 2 is 1.67 bits per heavy atom. The van der Waals surface area contributed by atoms with Crippen LogP contribution >= 0.6 is 0 Å². The van der Waals surface area contributed by atoms with Crippen LogP contribution in [-0.2, 0) is 19.1 Å². The lowest BCUT2D eigenvalue weighted by atomic mass is 9.33. The van der Waals surface area contributed by atoms with Gasteiger partial charge in [-0.1, -0.05) is 60.1 Å². The molecule has 3 N–H and O–H groups in total. The molecule has 1 aromatic heterocycles. The second kappa shape index (κ2) is 13.3. The van der Waals surface area contributed by atoms with Crippen LogP contribution < -0.4 is 5.32 Å². The highest BCUT2D eigenvalue weighted by Crippen LogP contribution is 2.77. The summed E-state index contributed by atoms with van der Waals surface area (Å²) in [7, 11) is 0. The quantitative estimate of drug-likeness (QED) is 0.206. The van der Waals surface area contributed by atoms with Crippen molar-refractivity contribution in [1.29, 1.82) is 0 Å². The number of pyridine rings is 1. The molecule has 8 nitrogen and oxygen atoms in total. The number of aliphatic carboxylic acids is 1. The number of carboxylic acids is 1. The van der Waals surface area contributed by atoms with Gasteiger partial charge in [0.2, 0.25) is 0 Å². The number of ketones is 1. The second-order valence-corrected chi connectivity index (χ2v) is 20.0. The number of allylic oxidation sites excluding steroid dienone is 1. The highest BCUT2D eigenvalue weighted by Gasteiger charge is 2.70. The first-order valence-corrected chi connectivity index (χ1v) is 20.2. The van der Waals surface area contributed by atoms with E-state index in [0.29, 0.717) is 24.8 Å². The van der Waals surface area contributed by atoms with Gasteiger partial charge in [0.25, 0.3) is 0 Å². The Morgan fingerprint density at radius 1 is 0.962 bits per heavy atom. The molecule has 4 fully saturated rings. The van der Waals surface area contributed by atoms with Gasteiger partial charge in [-0.25, -0.2) is 0 Å². The van der Waals surface area contributed by atoms with Crippen LogP contribution in [0.3, 0.4) is 0 Å². The summed E-state index contributed by atoms with van der Waals surface area (Å²) in [4.78, 5) is 43.4. The number of aromatic nitrogens is 1. The molecule has 0 aliphatic heterocycles. The van der Waals surface area contributed by atoms with E-state index >= 15 is 0 Å². The molecule has 4 saturated carbocycles. The Balaban J connectivity index is 1.27. The lowest BCUT2D eigenvalue weighted by Gasteiger charge is -2.72. The van der Waals surface area contributed by atoms with Crippen molar-refractivity contribution in [3.05, 3.63) is 41.2 Å². The van der Waals surface area contributed by atoms with Gasteiger partial charge in [-0.2, -0.15) is 0 Å². The number of nitrogens with zero attached hydrogens (tertiary/aromatic N) is 1. The zero-order chi connectivity index (χ0) is 38.2. The maximum atomic E-state index is 14.1. The summed E-state index contributed by atoms with van der Waals surface area (Å²) in [5.41, 5.74) is 1.37. The normalized spacial score (nSPS) is 38.1. The number of ether oxygens (including phenoxy) is 1. The van der Waals surface area contributed by atoms with E-state index in [1.54, 1.807) is 20.0 Å². The van der Waals surface area contributed by atoms with E-state index in [1.807, 2.05) is 18.2 Å². The number of fused-ring (bicyclic) bond motifs is 7. The predicted octanol–water partition coefficient (Wildman–Crippen LogP) is 8.49. The number of Topliss-reactive ketones (excluding diaryl/α,β-unsaturated/α-hetero) is 1. The number of hydrogen-bond donors (Lipinski definition) is 3. The van der Waals surface area contributed by atoms with Crippen LogP contribution in [0, 0.1) is 56.2 Å². The third-order valence-electron chi connectivity index (χ3n) is 16.2. The molecule has 0 spiro atoms. The summed E-state index contributed by atoms with van der Waals surface area (Å²) in [6, 6.07) is 5.89. The highest BCUT2D eigenvalue weighted by atomic mass is 16.5. The van der Waals surface area contributed by atoms with E-state index in [9.17, 15) is 24.6 Å². The third kappa shape index (κ3) is 5.92. The van der Waals surface area contributed by atoms with Gasteiger partial charge in [0.1, 0.15) is 6.10 Å². The topological polar surface area (TPSA) is 126 Å². The van der Waals surface area contributed by atoms with Crippen molar-refractivity contribution >= 4 is 17.7 Å². The second-order valence-electron chi connectivity index (χ2n) is 20.0. The zero-order valence-electron chi connectivity index (χ0n) is 33.6. The molecule has 52 heavy (non-hydrogen) atoms. The molecule has 5 aliphatic carbocycles. The molecule has 8 heteroatoms. The standard InChI is InChI=1S/C44H66N2O6/c1-26(2)36-30(47)23-44(33(48)25-46-27(3)29-13-11-12-22-45-29)21-20-42(9)28(37(36)44)14-15-32-41(8)18-17-34(52-35(49)24-39(4,5)38(50)51)40(6,7)31(41)16-19-43(32,42)10/h11-13,22,26-28,31-34,46,48H,14-21,23-25H2,1-10H3,(H,50,51)/t27-,28?,31-,32+,33-,34-,41-,42+,43+,44-/m0/s1. The lowest BCUT2D eigenvalue weighted by molar-refractivity contribution is -0.235. The number of esters is 1. The van der Waals surface area contributed by atoms with Crippen molar-refractivity contribution in [1.82, 2.24) is 10.3 Å². The van der Waals surface area contributed by atoms with Crippen LogP contribution in [0.15, 0.2) is 35.5 Å². The molecule has 0 saturated heterocycles. The average Bonchev–Trinajstić information content (AvgIpc) is 3.38. The minimum atomic E-state index is -1.16. The Kier molecular flexibility index (Phi) is 10.0. The van der Waals surface area contributed by atoms with Gasteiger partial charge >= 0.3 is 11.9 Å². The molecule has 0 bridgehead atoms. The van der Waals surface area contributed by atoms with Gasteiger partial charge in [-0.05, 0) is 130 Å². The molecular formula is C44H66N2O6. The Hall–Kier alpha value is -2.58. The van der Waals surface area contributed by atoms with Crippen molar-refractivity contribution in [2.45, 2.75) is 152 Å². The number of aliphatic hydroxyl groups excluding tert-OH is 1. The lowest BCUT2D eigenvalue weighted by Crippen LogP contribution is -2.66. The Labute approximate surface area is 312 Å². The first-order chi connectivity index (χ1) is 24.2. The summed E-state index contributed by atoms with van der Waals surface area (Å²) in [5, 5.41) is 25.4. The van der Waals surface area contributed by atoms with Crippen molar-refractivity contribution in [2.75, 3.05) is 6.54 Å². The fourth-order valence-electron chi connectivity index (χ4n) is 13.1. The monoisotopic (exact) mass is 718 g/mol.